The summed E-state index contributed by atoms with van der Waals surface area (Å²) < 4.78 is 25.9. The van der Waals surface area contributed by atoms with Gasteiger partial charge in [0.1, 0.15) is 0 Å². The number of hydrogen-bond acceptors (Lipinski definition) is 4. The molecule has 1 aromatic carbocycles. The molecule has 0 aromatic heterocycles. The second kappa shape index (κ2) is 4.99. The highest BCUT2D eigenvalue weighted by molar-refractivity contribution is 7.89. The molecule has 100 valence electrons. The fourth-order valence-electron chi connectivity index (χ4n) is 2.08. The molecule has 1 aliphatic heterocycles. The first-order chi connectivity index (χ1) is 8.95. The van der Waals surface area contributed by atoms with E-state index in [2.05, 4.69) is 4.72 Å². The Balaban J connectivity index is 2.34. The van der Waals surface area contributed by atoms with Crippen LogP contribution >= 0.6 is 0 Å². The molecule has 0 fully saturated rings. The lowest BCUT2D eigenvalue weighted by molar-refractivity contribution is -0.116. The van der Waals surface area contributed by atoms with Crippen LogP contribution in [0.4, 0.5) is 5.69 Å². The van der Waals surface area contributed by atoms with E-state index in [1.807, 2.05) is 0 Å². The van der Waals surface area contributed by atoms with Crippen molar-refractivity contribution in [2.75, 3.05) is 18.0 Å². The average Bonchev–Trinajstić information content (AvgIpc) is 2.79. The van der Waals surface area contributed by atoms with Crippen molar-refractivity contribution in [3.8, 4) is 6.07 Å². The highest BCUT2D eigenvalue weighted by Crippen LogP contribution is 2.30. The summed E-state index contributed by atoms with van der Waals surface area (Å²) in [4.78, 5) is 13.1. The summed E-state index contributed by atoms with van der Waals surface area (Å²) in [6.07, 6.45) is 0.635. The van der Waals surface area contributed by atoms with Crippen molar-refractivity contribution in [2.45, 2.75) is 18.2 Å². The zero-order valence-electron chi connectivity index (χ0n) is 10.4. The summed E-state index contributed by atoms with van der Waals surface area (Å²) in [5.41, 5.74) is 1.58. The third-order valence-corrected chi connectivity index (χ3v) is 4.38. The fourth-order valence-corrected chi connectivity index (χ4v) is 3.05. The van der Waals surface area contributed by atoms with E-state index in [0.717, 1.165) is 11.3 Å². The predicted molar refractivity (Wildman–Crippen MR) is 69.0 cm³/mol. The maximum Gasteiger partial charge on any atom is 0.241 e. The molecule has 0 saturated carbocycles. The lowest BCUT2D eigenvalue weighted by atomic mass is 10.2. The average molecular weight is 279 g/mol. The number of anilines is 1. The summed E-state index contributed by atoms with van der Waals surface area (Å²) in [7, 11) is -3.66. The fraction of sp³-hybridized carbons (Fsp3) is 0.333. The summed E-state index contributed by atoms with van der Waals surface area (Å²) >= 11 is 0. The van der Waals surface area contributed by atoms with Gasteiger partial charge in [-0.2, -0.15) is 9.98 Å². The van der Waals surface area contributed by atoms with Crippen LogP contribution in [-0.4, -0.2) is 27.4 Å². The van der Waals surface area contributed by atoms with Gasteiger partial charge in [0.05, 0.1) is 17.5 Å². The van der Waals surface area contributed by atoms with Gasteiger partial charge in [0.25, 0.3) is 0 Å². The molecular weight excluding hydrogens is 266 g/mol. The quantitative estimate of drug-likeness (QED) is 0.811. The number of nitriles is 1. The number of sulfonamides is 1. The van der Waals surface area contributed by atoms with Gasteiger partial charge in [-0.3, -0.25) is 4.79 Å². The van der Waals surface area contributed by atoms with Gasteiger partial charge in [0.15, 0.2) is 0 Å². The largest absolute Gasteiger partial charge is 0.312 e. The first kappa shape index (κ1) is 13.5. The van der Waals surface area contributed by atoms with E-state index in [0.29, 0.717) is 13.0 Å². The second-order valence-corrected chi connectivity index (χ2v) is 5.96. The molecule has 1 aliphatic rings. The van der Waals surface area contributed by atoms with Gasteiger partial charge in [0, 0.05) is 19.2 Å². The molecule has 0 unspecified atom stereocenters. The molecule has 1 amide bonds. The Bertz CT molecular complexity index is 661. The van der Waals surface area contributed by atoms with Crippen molar-refractivity contribution in [3.63, 3.8) is 0 Å². The van der Waals surface area contributed by atoms with E-state index in [4.69, 9.17) is 5.26 Å². The summed E-state index contributed by atoms with van der Waals surface area (Å²) in [5, 5.41) is 8.41. The first-order valence-corrected chi connectivity index (χ1v) is 7.21. The smallest absolute Gasteiger partial charge is 0.241 e. The van der Waals surface area contributed by atoms with Crippen molar-refractivity contribution in [3.05, 3.63) is 23.8 Å². The van der Waals surface area contributed by atoms with Crippen LogP contribution in [0, 0.1) is 11.3 Å². The number of nitrogens with zero attached hydrogens (tertiary/aromatic N) is 2. The second-order valence-electron chi connectivity index (χ2n) is 4.19. The number of rotatable bonds is 3. The number of carbonyl (C=O) groups is 1. The number of fused-ring (bicyclic) bond motifs is 1. The lowest BCUT2D eigenvalue weighted by Gasteiger charge is -2.14. The zero-order valence-corrected chi connectivity index (χ0v) is 11.2. The zero-order chi connectivity index (χ0) is 14.0. The number of amides is 1. The molecular formula is C12H13N3O3S. The molecule has 0 saturated heterocycles. The Morgan fingerprint density at radius 1 is 1.53 bits per heavy atom. The van der Waals surface area contributed by atoms with E-state index in [9.17, 15) is 13.2 Å². The third kappa shape index (κ3) is 2.59. The number of benzene rings is 1. The lowest BCUT2D eigenvalue weighted by Crippen LogP contribution is -2.26. The number of carbonyl (C=O) groups excluding carboxylic acids is 1. The Labute approximate surface area is 111 Å². The minimum atomic E-state index is -3.66. The van der Waals surface area contributed by atoms with Gasteiger partial charge in [-0.25, -0.2) is 8.42 Å². The Morgan fingerprint density at radius 3 is 2.89 bits per heavy atom. The topological polar surface area (TPSA) is 90.3 Å². The van der Waals surface area contributed by atoms with Gasteiger partial charge in [-0.1, -0.05) is 0 Å². The van der Waals surface area contributed by atoms with E-state index in [-0.39, 0.29) is 17.3 Å². The van der Waals surface area contributed by atoms with E-state index in [1.165, 1.54) is 13.0 Å². The molecule has 2 rings (SSSR count). The highest BCUT2D eigenvalue weighted by Gasteiger charge is 2.24. The van der Waals surface area contributed by atoms with Gasteiger partial charge < -0.3 is 4.90 Å². The van der Waals surface area contributed by atoms with Gasteiger partial charge in [-0.05, 0) is 30.2 Å². The van der Waals surface area contributed by atoms with Crippen LogP contribution in [0.3, 0.4) is 0 Å². The monoisotopic (exact) mass is 279 g/mol. The van der Waals surface area contributed by atoms with E-state index in [1.54, 1.807) is 23.1 Å². The summed E-state index contributed by atoms with van der Waals surface area (Å²) in [5.74, 6) is -0.0584. The highest BCUT2D eigenvalue weighted by atomic mass is 32.2. The molecule has 7 heteroatoms. The van der Waals surface area contributed by atoms with Gasteiger partial charge in [0.2, 0.25) is 15.9 Å². The van der Waals surface area contributed by atoms with Crippen LogP contribution < -0.4 is 9.62 Å². The molecule has 6 nitrogen and oxygen atoms in total. The molecule has 1 aromatic rings. The van der Waals surface area contributed by atoms with Crippen LogP contribution in [-0.2, 0) is 21.2 Å². The summed E-state index contributed by atoms with van der Waals surface area (Å²) in [6, 6.07) is 6.35. The van der Waals surface area contributed by atoms with Crippen LogP contribution in [0.2, 0.25) is 0 Å². The molecule has 1 N–H and O–H groups in total. The molecule has 19 heavy (non-hydrogen) atoms. The van der Waals surface area contributed by atoms with Crippen molar-refractivity contribution < 1.29 is 13.2 Å². The molecule has 0 bridgehead atoms. The Morgan fingerprint density at radius 2 is 2.26 bits per heavy atom. The standard InChI is InChI=1S/C12H13N3O3S/c1-9(16)15-7-4-10-8-11(2-3-12(10)15)19(17,18)14-6-5-13/h2-3,8,14H,4,6-7H2,1H3. The number of hydrogen-bond donors (Lipinski definition) is 1. The Hall–Kier alpha value is -1.91. The molecule has 0 spiro atoms. The van der Waals surface area contributed by atoms with Crippen molar-refractivity contribution in [2.24, 2.45) is 0 Å². The normalized spacial score (nSPS) is 14.0. The number of nitrogens with one attached hydrogen (secondary N) is 1. The van der Waals surface area contributed by atoms with Gasteiger partial charge >= 0.3 is 0 Å². The maximum atomic E-state index is 11.9. The van der Waals surface area contributed by atoms with Crippen molar-refractivity contribution in [1.29, 1.82) is 5.26 Å². The van der Waals surface area contributed by atoms with Crippen molar-refractivity contribution in [1.82, 2.24) is 4.72 Å². The van der Waals surface area contributed by atoms with Crippen LogP contribution in [0.15, 0.2) is 23.1 Å². The molecule has 0 radical (unpaired) electrons. The Kier molecular flexibility index (Phi) is 3.55. The van der Waals surface area contributed by atoms with Crippen LogP contribution in [0.5, 0.6) is 0 Å². The van der Waals surface area contributed by atoms with E-state index < -0.39 is 10.0 Å². The molecule has 0 atom stereocenters. The first-order valence-electron chi connectivity index (χ1n) is 5.73. The third-order valence-electron chi connectivity index (χ3n) is 2.98. The van der Waals surface area contributed by atoms with Gasteiger partial charge in [-0.15, -0.1) is 0 Å². The maximum absolute atomic E-state index is 11.9. The minimum Gasteiger partial charge on any atom is -0.312 e. The minimum absolute atomic E-state index is 0.0584. The van der Waals surface area contributed by atoms with Crippen LogP contribution in [0.1, 0.15) is 12.5 Å². The van der Waals surface area contributed by atoms with Crippen LogP contribution in [0.25, 0.3) is 0 Å². The predicted octanol–water partition coefficient (Wildman–Crippen LogP) is 0.397. The van der Waals surface area contributed by atoms with E-state index >= 15 is 0 Å². The summed E-state index contributed by atoms with van der Waals surface area (Å²) in [6.45, 7) is 1.78. The molecule has 1 heterocycles. The molecule has 0 aliphatic carbocycles. The van der Waals surface area contributed by atoms with Crippen molar-refractivity contribution >= 4 is 21.6 Å². The SMILES string of the molecule is CC(=O)N1CCc2cc(S(=O)(=O)NCC#N)ccc21.